The number of oxazole rings is 1. The quantitative estimate of drug-likeness (QED) is 0.791. The highest BCUT2D eigenvalue weighted by Crippen LogP contribution is 2.17. The largest absolute Gasteiger partial charge is 0.443 e. The van der Waals surface area contributed by atoms with E-state index >= 15 is 0 Å². The highest BCUT2D eigenvalue weighted by atomic mass is 16.3. The van der Waals surface area contributed by atoms with Crippen molar-refractivity contribution < 1.29 is 9.21 Å². The Morgan fingerprint density at radius 2 is 2.15 bits per heavy atom. The minimum atomic E-state index is -0.0431. The monoisotopic (exact) mass is 266 g/mol. The van der Waals surface area contributed by atoms with Gasteiger partial charge >= 0.3 is 0 Å². The number of hydrogen-bond donors (Lipinski definition) is 1. The molecule has 0 aliphatic rings. The molecule has 1 heterocycles. The van der Waals surface area contributed by atoms with Gasteiger partial charge in [-0.3, -0.25) is 4.79 Å². The molecule has 20 heavy (non-hydrogen) atoms. The van der Waals surface area contributed by atoms with Crippen LogP contribution >= 0.6 is 0 Å². The second kappa shape index (κ2) is 5.17. The molecule has 0 atom stereocenters. The summed E-state index contributed by atoms with van der Waals surface area (Å²) in [4.78, 5) is 16.1. The van der Waals surface area contributed by atoms with E-state index in [4.69, 9.17) is 4.42 Å². The molecule has 1 N–H and O–H groups in total. The van der Waals surface area contributed by atoms with Crippen molar-refractivity contribution in [2.24, 2.45) is 0 Å². The van der Waals surface area contributed by atoms with Crippen LogP contribution in [-0.4, -0.2) is 10.9 Å². The van der Waals surface area contributed by atoms with Crippen molar-refractivity contribution in [3.63, 3.8) is 0 Å². The summed E-state index contributed by atoms with van der Waals surface area (Å²) in [5.41, 5.74) is 4.33. The van der Waals surface area contributed by atoms with Gasteiger partial charge in [-0.25, -0.2) is 4.98 Å². The third-order valence-electron chi connectivity index (χ3n) is 3.06. The number of hydrogen-bond acceptors (Lipinski definition) is 3. The first-order valence-electron chi connectivity index (χ1n) is 6.39. The van der Waals surface area contributed by atoms with Crippen LogP contribution in [0.4, 0.5) is 5.69 Å². The van der Waals surface area contributed by atoms with Gasteiger partial charge in [0.15, 0.2) is 12.0 Å². The van der Waals surface area contributed by atoms with Crippen molar-refractivity contribution in [3.05, 3.63) is 60.0 Å². The number of benzene rings is 2. The molecule has 0 aliphatic heterocycles. The molecule has 1 amide bonds. The van der Waals surface area contributed by atoms with Crippen molar-refractivity contribution in [1.82, 2.24) is 4.98 Å². The Morgan fingerprint density at radius 3 is 3.00 bits per heavy atom. The van der Waals surface area contributed by atoms with Crippen molar-refractivity contribution in [2.45, 2.75) is 13.3 Å². The average molecular weight is 266 g/mol. The number of aromatic nitrogens is 1. The molecule has 0 aliphatic carbocycles. The summed E-state index contributed by atoms with van der Waals surface area (Å²) < 4.78 is 5.16. The van der Waals surface area contributed by atoms with Crippen molar-refractivity contribution >= 4 is 22.7 Å². The molecule has 0 fully saturated rings. The lowest BCUT2D eigenvalue weighted by molar-refractivity contribution is -0.115. The summed E-state index contributed by atoms with van der Waals surface area (Å²) >= 11 is 0. The van der Waals surface area contributed by atoms with E-state index in [0.29, 0.717) is 12.0 Å². The fourth-order valence-electron chi connectivity index (χ4n) is 2.15. The minimum absolute atomic E-state index is 0.0431. The SMILES string of the molecule is Cc1cccc(CC(=O)Nc2ccc3ocnc3c2)c1. The highest BCUT2D eigenvalue weighted by Gasteiger charge is 2.06. The number of carbonyl (C=O) groups excluding carboxylic acids is 1. The van der Waals surface area contributed by atoms with Crippen LogP contribution in [0.15, 0.2) is 53.3 Å². The molecule has 1 aromatic heterocycles. The van der Waals surface area contributed by atoms with Crippen LogP contribution in [0.5, 0.6) is 0 Å². The second-order valence-electron chi connectivity index (χ2n) is 4.75. The Hall–Kier alpha value is -2.62. The van der Waals surface area contributed by atoms with Gasteiger partial charge in [-0.1, -0.05) is 29.8 Å². The van der Waals surface area contributed by atoms with Gasteiger partial charge in [-0.2, -0.15) is 0 Å². The maximum Gasteiger partial charge on any atom is 0.228 e. The fourth-order valence-corrected chi connectivity index (χ4v) is 2.15. The first-order valence-corrected chi connectivity index (χ1v) is 6.39. The number of amides is 1. The summed E-state index contributed by atoms with van der Waals surface area (Å²) in [5.74, 6) is -0.0431. The van der Waals surface area contributed by atoms with E-state index in [2.05, 4.69) is 10.3 Å². The van der Waals surface area contributed by atoms with Crippen LogP contribution < -0.4 is 5.32 Å². The molecule has 100 valence electrons. The maximum atomic E-state index is 12.0. The predicted octanol–water partition coefficient (Wildman–Crippen LogP) is 3.32. The van der Waals surface area contributed by atoms with Crippen molar-refractivity contribution in [2.75, 3.05) is 5.32 Å². The van der Waals surface area contributed by atoms with E-state index in [-0.39, 0.29) is 5.91 Å². The van der Waals surface area contributed by atoms with Crippen molar-refractivity contribution in [3.8, 4) is 0 Å². The number of rotatable bonds is 3. The van der Waals surface area contributed by atoms with Crippen LogP contribution in [0.2, 0.25) is 0 Å². The summed E-state index contributed by atoms with van der Waals surface area (Å²) in [7, 11) is 0. The normalized spacial score (nSPS) is 10.7. The lowest BCUT2D eigenvalue weighted by atomic mass is 10.1. The van der Waals surface area contributed by atoms with E-state index in [1.165, 1.54) is 6.39 Å². The van der Waals surface area contributed by atoms with Crippen LogP contribution in [0.1, 0.15) is 11.1 Å². The smallest absolute Gasteiger partial charge is 0.228 e. The molecule has 0 saturated carbocycles. The number of aryl methyl sites for hydroxylation is 1. The summed E-state index contributed by atoms with van der Waals surface area (Å²) in [6.45, 7) is 2.01. The second-order valence-corrected chi connectivity index (χ2v) is 4.75. The molecule has 3 aromatic rings. The molecule has 0 unspecified atom stereocenters. The Kier molecular flexibility index (Phi) is 3.21. The third kappa shape index (κ3) is 2.69. The van der Waals surface area contributed by atoms with Gasteiger partial charge in [0.2, 0.25) is 5.91 Å². The number of anilines is 1. The van der Waals surface area contributed by atoms with Gasteiger partial charge in [-0.15, -0.1) is 0 Å². The van der Waals surface area contributed by atoms with E-state index in [0.717, 1.165) is 22.3 Å². The van der Waals surface area contributed by atoms with E-state index in [1.807, 2.05) is 37.3 Å². The fraction of sp³-hybridized carbons (Fsp3) is 0.125. The molecule has 4 heteroatoms. The zero-order chi connectivity index (χ0) is 13.9. The van der Waals surface area contributed by atoms with Crippen LogP contribution in [-0.2, 0) is 11.2 Å². The van der Waals surface area contributed by atoms with Crippen molar-refractivity contribution in [1.29, 1.82) is 0 Å². The van der Waals surface area contributed by atoms with Crippen LogP contribution in [0.3, 0.4) is 0 Å². The highest BCUT2D eigenvalue weighted by molar-refractivity contribution is 5.94. The Balaban J connectivity index is 1.72. The number of fused-ring (bicyclic) bond motifs is 1. The van der Waals surface area contributed by atoms with Crippen LogP contribution in [0, 0.1) is 6.92 Å². The molecule has 0 spiro atoms. The summed E-state index contributed by atoms with van der Waals surface area (Å²) in [6.07, 6.45) is 1.75. The molecule has 4 nitrogen and oxygen atoms in total. The van der Waals surface area contributed by atoms with Gasteiger partial charge < -0.3 is 9.73 Å². The topological polar surface area (TPSA) is 55.1 Å². The van der Waals surface area contributed by atoms with E-state index in [1.54, 1.807) is 12.1 Å². The lowest BCUT2D eigenvalue weighted by Gasteiger charge is -2.05. The molecular formula is C16H14N2O2. The van der Waals surface area contributed by atoms with E-state index in [9.17, 15) is 4.79 Å². The number of nitrogens with one attached hydrogen (secondary N) is 1. The maximum absolute atomic E-state index is 12.0. The lowest BCUT2D eigenvalue weighted by Crippen LogP contribution is -2.14. The number of carbonyl (C=O) groups is 1. The summed E-state index contributed by atoms with van der Waals surface area (Å²) in [5, 5.41) is 2.87. The molecule has 0 saturated heterocycles. The minimum Gasteiger partial charge on any atom is -0.443 e. The van der Waals surface area contributed by atoms with Gasteiger partial charge in [0.1, 0.15) is 5.52 Å². The van der Waals surface area contributed by atoms with E-state index < -0.39 is 0 Å². The van der Waals surface area contributed by atoms with Gasteiger partial charge in [0.05, 0.1) is 6.42 Å². The zero-order valence-corrected chi connectivity index (χ0v) is 11.1. The Labute approximate surface area is 116 Å². The summed E-state index contributed by atoms with van der Waals surface area (Å²) in [6, 6.07) is 13.3. The third-order valence-corrected chi connectivity index (χ3v) is 3.06. The first kappa shape index (κ1) is 12.4. The van der Waals surface area contributed by atoms with Gasteiger partial charge in [0, 0.05) is 5.69 Å². The molecule has 3 rings (SSSR count). The first-order chi connectivity index (χ1) is 9.70. The van der Waals surface area contributed by atoms with Gasteiger partial charge in [0.25, 0.3) is 0 Å². The van der Waals surface area contributed by atoms with Gasteiger partial charge in [-0.05, 0) is 30.7 Å². The molecular weight excluding hydrogens is 252 g/mol. The predicted molar refractivity (Wildman–Crippen MR) is 77.5 cm³/mol. The average Bonchev–Trinajstić information content (AvgIpc) is 2.86. The number of nitrogens with zero attached hydrogens (tertiary/aromatic N) is 1. The standard InChI is InChI=1S/C16H14N2O2/c1-11-3-2-4-12(7-11)8-16(19)18-13-5-6-15-14(9-13)17-10-20-15/h2-7,9-10H,8H2,1H3,(H,18,19). The zero-order valence-electron chi connectivity index (χ0n) is 11.1. The molecule has 0 radical (unpaired) electrons. The molecule has 0 bridgehead atoms. The van der Waals surface area contributed by atoms with Crippen LogP contribution in [0.25, 0.3) is 11.1 Å². The Morgan fingerprint density at radius 1 is 1.25 bits per heavy atom. The molecule has 2 aromatic carbocycles. The Bertz CT molecular complexity index is 762.